The molecule has 2 aromatic carbocycles. The summed E-state index contributed by atoms with van der Waals surface area (Å²) in [7, 11) is 3.44. The lowest BCUT2D eigenvalue weighted by atomic mass is 9.95. The number of rotatable bonds is 7. The van der Waals surface area contributed by atoms with E-state index in [9.17, 15) is 4.79 Å². The van der Waals surface area contributed by atoms with Gasteiger partial charge in [0.15, 0.2) is 0 Å². The Bertz CT molecular complexity index is 1150. The molecule has 7 heteroatoms. The molecule has 1 aromatic heterocycles. The van der Waals surface area contributed by atoms with E-state index in [2.05, 4.69) is 22.0 Å². The van der Waals surface area contributed by atoms with E-state index in [1.807, 2.05) is 48.2 Å². The summed E-state index contributed by atoms with van der Waals surface area (Å²) in [4.78, 5) is 17.5. The molecule has 0 amide bonds. The van der Waals surface area contributed by atoms with Gasteiger partial charge in [0.1, 0.15) is 11.6 Å². The fraction of sp³-hybridized carbons (Fsp3) is 0.320. The average Bonchev–Trinajstić information content (AvgIpc) is 3.13. The average molecular weight is 433 g/mol. The van der Waals surface area contributed by atoms with Crippen molar-refractivity contribution in [2.45, 2.75) is 32.7 Å². The maximum absolute atomic E-state index is 10.9. The molecule has 0 unspecified atom stereocenters. The van der Waals surface area contributed by atoms with Crippen LogP contribution in [0.15, 0.2) is 47.5 Å². The van der Waals surface area contributed by atoms with Crippen molar-refractivity contribution in [2.24, 2.45) is 4.99 Å². The van der Waals surface area contributed by atoms with Crippen LogP contribution in [0.4, 0.5) is 5.82 Å². The SMILES string of the molecule is CN=Cc1c(C)nn(-c2ccc(OC)cc2)c1N1CCc2cc(CCC(=O)O)ccc2C1. The van der Waals surface area contributed by atoms with Gasteiger partial charge in [-0.3, -0.25) is 9.79 Å². The smallest absolute Gasteiger partial charge is 0.303 e. The third kappa shape index (κ3) is 4.37. The molecule has 1 N–H and O–H groups in total. The molecule has 0 atom stereocenters. The maximum atomic E-state index is 10.9. The summed E-state index contributed by atoms with van der Waals surface area (Å²) < 4.78 is 7.29. The first-order chi connectivity index (χ1) is 15.5. The van der Waals surface area contributed by atoms with Crippen molar-refractivity contribution in [2.75, 3.05) is 25.6 Å². The summed E-state index contributed by atoms with van der Waals surface area (Å²) in [6, 6.07) is 14.2. The monoisotopic (exact) mass is 432 g/mol. The Morgan fingerprint density at radius 2 is 2.00 bits per heavy atom. The summed E-state index contributed by atoms with van der Waals surface area (Å²) in [5, 5.41) is 13.8. The van der Waals surface area contributed by atoms with Gasteiger partial charge in [-0.15, -0.1) is 0 Å². The van der Waals surface area contributed by atoms with Gasteiger partial charge in [-0.1, -0.05) is 18.2 Å². The molecule has 0 bridgehead atoms. The van der Waals surface area contributed by atoms with E-state index in [1.165, 1.54) is 11.1 Å². The highest BCUT2D eigenvalue weighted by Gasteiger charge is 2.25. The van der Waals surface area contributed by atoms with Crippen LogP contribution in [0.2, 0.25) is 0 Å². The van der Waals surface area contributed by atoms with E-state index in [0.717, 1.165) is 53.6 Å². The highest BCUT2D eigenvalue weighted by atomic mass is 16.5. The number of methoxy groups -OCH3 is 1. The number of ether oxygens (including phenoxy) is 1. The van der Waals surface area contributed by atoms with Crippen LogP contribution in [0.5, 0.6) is 5.75 Å². The first-order valence-electron chi connectivity index (χ1n) is 10.7. The normalized spacial score (nSPS) is 13.4. The zero-order valence-corrected chi connectivity index (χ0v) is 18.7. The van der Waals surface area contributed by atoms with Crippen molar-refractivity contribution < 1.29 is 14.6 Å². The number of anilines is 1. The fourth-order valence-electron chi connectivity index (χ4n) is 4.21. The molecular formula is C25H28N4O3. The van der Waals surface area contributed by atoms with Crippen LogP contribution in [-0.2, 0) is 24.2 Å². The molecule has 166 valence electrons. The minimum Gasteiger partial charge on any atom is -0.497 e. The van der Waals surface area contributed by atoms with Gasteiger partial charge in [-0.05, 0) is 60.7 Å². The van der Waals surface area contributed by atoms with Gasteiger partial charge in [0, 0.05) is 32.8 Å². The first-order valence-corrected chi connectivity index (χ1v) is 10.7. The molecule has 32 heavy (non-hydrogen) atoms. The number of aryl methyl sites for hydroxylation is 2. The Balaban J connectivity index is 1.68. The summed E-state index contributed by atoms with van der Waals surface area (Å²) in [6.45, 7) is 3.62. The van der Waals surface area contributed by atoms with E-state index in [4.69, 9.17) is 14.9 Å². The summed E-state index contributed by atoms with van der Waals surface area (Å²) in [5.41, 5.74) is 6.55. The number of aromatic nitrogens is 2. The van der Waals surface area contributed by atoms with Crippen LogP contribution in [0.1, 0.15) is 34.4 Å². The molecule has 3 aromatic rings. The third-order valence-electron chi connectivity index (χ3n) is 5.87. The number of benzene rings is 2. The quantitative estimate of drug-likeness (QED) is 0.574. The maximum Gasteiger partial charge on any atom is 0.303 e. The second-order valence-corrected chi connectivity index (χ2v) is 7.99. The van der Waals surface area contributed by atoms with E-state index in [-0.39, 0.29) is 6.42 Å². The Morgan fingerprint density at radius 1 is 1.22 bits per heavy atom. The lowest BCUT2D eigenvalue weighted by molar-refractivity contribution is -0.136. The highest BCUT2D eigenvalue weighted by Crippen LogP contribution is 2.31. The van der Waals surface area contributed by atoms with Crippen LogP contribution in [0, 0.1) is 6.92 Å². The van der Waals surface area contributed by atoms with Gasteiger partial charge >= 0.3 is 5.97 Å². The van der Waals surface area contributed by atoms with E-state index in [0.29, 0.717) is 6.42 Å². The van der Waals surface area contributed by atoms with E-state index >= 15 is 0 Å². The number of hydrogen-bond donors (Lipinski definition) is 1. The summed E-state index contributed by atoms with van der Waals surface area (Å²) in [5.74, 6) is 1.07. The van der Waals surface area contributed by atoms with Crippen molar-refractivity contribution in [3.63, 3.8) is 0 Å². The highest BCUT2D eigenvalue weighted by molar-refractivity contribution is 5.89. The van der Waals surface area contributed by atoms with Crippen LogP contribution in [0.3, 0.4) is 0 Å². The van der Waals surface area contributed by atoms with E-state index < -0.39 is 5.97 Å². The zero-order chi connectivity index (χ0) is 22.7. The van der Waals surface area contributed by atoms with Crippen molar-refractivity contribution >= 4 is 18.0 Å². The van der Waals surface area contributed by atoms with Crippen molar-refractivity contribution in [1.29, 1.82) is 0 Å². The molecule has 0 radical (unpaired) electrons. The molecule has 0 fully saturated rings. The predicted molar refractivity (Wildman–Crippen MR) is 126 cm³/mol. The number of nitrogens with zero attached hydrogens (tertiary/aromatic N) is 4. The Labute approximate surface area is 188 Å². The molecule has 0 aliphatic carbocycles. The zero-order valence-electron chi connectivity index (χ0n) is 18.7. The molecule has 1 aliphatic rings. The number of carbonyl (C=O) groups is 1. The lowest BCUT2D eigenvalue weighted by Gasteiger charge is -2.32. The minimum atomic E-state index is -0.763. The molecular weight excluding hydrogens is 404 g/mol. The Kier molecular flexibility index (Phi) is 6.25. The topological polar surface area (TPSA) is 80.0 Å². The molecule has 2 heterocycles. The molecule has 0 saturated carbocycles. The van der Waals surface area contributed by atoms with Crippen LogP contribution in [-0.4, -0.2) is 47.8 Å². The largest absolute Gasteiger partial charge is 0.497 e. The second-order valence-electron chi connectivity index (χ2n) is 7.99. The summed E-state index contributed by atoms with van der Waals surface area (Å²) >= 11 is 0. The number of fused-ring (bicyclic) bond motifs is 1. The van der Waals surface area contributed by atoms with Crippen LogP contribution in [0.25, 0.3) is 5.69 Å². The molecule has 1 aliphatic heterocycles. The first kappa shape index (κ1) is 21.6. The Hall–Kier alpha value is -3.61. The number of hydrogen-bond acceptors (Lipinski definition) is 5. The van der Waals surface area contributed by atoms with Gasteiger partial charge in [0.25, 0.3) is 0 Å². The molecule has 4 rings (SSSR count). The second kappa shape index (κ2) is 9.26. The van der Waals surface area contributed by atoms with Gasteiger partial charge in [-0.25, -0.2) is 4.68 Å². The van der Waals surface area contributed by atoms with Gasteiger partial charge in [0.05, 0.1) is 24.1 Å². The predicted octanol–water partition coefficient (Wildman–Crippen LogP) is 3.82. The van der Waals surface area contributed by atoms with Gasteiger partial charge < -0.3 is 14.7 Å². The number of aliphatic imine (C=N–C) groups is 1. The lowest BCUT2D eigenvalue weighted by Crippen LogP contribution is -2.32. The number of carboxylic acid groups (broad SMARTS) is 1. The molecule has 7 nitrogen and oxygen atoms in total. The fourth-order valence-corrected chi connectivity index (χ4v) is 4.21. The number of carboxylic acids is 1. The van der Waals surface area contributed by atoms with Crippen LogP contribution < -0.4 is 9.64 Å². The summed E-state index contributed by atoms with van der Waals surface area (Å²) in [6.07, 6.45) is 3.49. The van der Waals surface area contributed by atoms with Crippen molar-refractivity contribution in [1.82, 2.24) is 9.78 Å². The van der Waals surface area contributed by atoms with E-state index in [1.54, 1.807) is 14.2 Å². The molecule has 0 spiro atoms. The number of aliphatic carboxylic acids is 1. The standard InChI is InChI=1S/C25H28N4O3/c1-17-23(15-26-2)25(29(27-17)21-7-9-22(32-3)10-8-21)28-13-12-19-14-18(5-11-24(30)31)4-6-20(19)16-28/h4,6-10,14-15H,5,11-13,16H2,1-3H3,(H,30,31). The third-order valence-corrected chi connectivity index (χ3v) is 5.87. The van der Waals surface area contributed by atoms with Crippen LogP contribution >= 0.6 is 0 Å². The molecule has 0 saturated heterocycles. The van der Waals surface area contributed by atoms with Crippen molar-refractivity contribution in [3.05, 3.63) is 70.4 Å². The Morgan fingerprint density at radius 3 is 2.69 bits per heavy atom. The van der Waals surface area contributed by atoms with Gasteiger partial charge in [-0.2, -0.15) is 5.10 Å². The van der Waals surface area contributed by atoms with Crippen molar-refractivity contribution in [3.8, 4) is 11.4 Å². The minimum absolute atomic E-state index is 0.158. The van der Waals surface area contributed by atoms with Gasteiger partial charge in [0.2, 0.25) is 0 Å².